The highest BCUT2D eigenvalue weighted by molar-refractivity contribution is 8.76. The topological polar surface area (TPSA) is 40.5 Å². The van der Waals surface area contributed by atoms with E-state index < -0.39 is 0 Å². The number of hydrogen-bond donors (Lipinski definition) is 2. The zero-order chi connectivity index (χ0) is 20.8. The van der Waals surface area contributed by atoms with Gasteiger partial charge < -0.3 is 10.2 Å². The summed E-state index contributed by atoms with van der Waals surface area (Å²) in [5.74, 6) is 0.508. The minimum absolute atomic E-state index is 0.254. The average molecular weight is 431 g/mol. The molecule has 0 bridgehead atoms. The maximum atomic E-state index is 10.3. The Morgan fingerprint density at radius 1 is 0.467 bits per heavy atom. The van der Waals surface area contributed by atoms with Crippen LogP contribution in [-0.4, -0.2) is 10.2 Å². The van der Waals surface area contributed by atoms with Gasteiger partial charge in [0, 0.05) is 0 Å². The van der Waals surface area contributed by atoms with Crippen molar-refractivity contribution in [2.45, 2.75) is 22.6 Å². The number of phenolic OH excluding ortho intramolecular Hbond substituents is 2. The van der Waals surface area contributed by atoms with E-state index in [0.717, 1.165) is 33.8 Å². The number of hydrogen-bond acceptors (Lipinski definition) is 4. The van der Waals surface area contributed by atoms with Crippen molar-refractivity contribution in [3.05, 3.63) is 119 Å². The van der Waals surface area contributed by atoms with E-state index in [1.807, 2.05) is 60.7 Å². The second-order valence-electron chi connectivity index (χ2n) is 7.10. The van der Waals surface area contributed by atoms with Gasteiger partial charge in [0.2, 0.25) is 0 Å². The lowest BCUT2D eigenvalue weighted by Gasteiger charge is -2.10. The Labute approximate surface area is 185 Å². The maximum Gasteiger partial charge on any atom is 0.130 e. The van der Waals surface area contributed by atoms with Gasteiger partial charge in [-0.1, -0.05) is 72.8 Å². The minimum atomic E-state index is 0.254. The van der Waals surface area contributed by atoms with Gasteiger partial charge in [-0.15, -0.1) is 0 Å². The van der Waals surface area contributed by atoms with Crippen LogP contribution >= 0.6 is 21.6 Å². The van der Waals surface area contributed by atoms with Crippen molar-refractivity contribution in [3.8, 4) is 11.5 Å². The Hall–Kier alpha value is -2.82. The number of phenols is 2. The Kier molecular flexibility index (Phi) is 6.67. The lowest BCUT2D eigenvalue weighted by atomic mass is 10.1. The molecule has 30 heavy (non-hydrogen) atoms. The van der Waals surface area contributed by atoms with Crippen molar-refractivity contribution < 1.29 is 10.2 Å². The molecule has 0 aliphatic carbocycles. The average Bonchev–Trinajstić information content (AvgIpc) is 2.77. The fraction of sp³-hybridized carbons (Fsp3) is 0.0769. The molecule has 0 aromatic heterocycles. The van der Waals surface area contributed by atoms with Crippen LogP contribution < -0.4 is 0 Å². The highest BCUT2D eigenvalue weighted by atomic mass is 33.1. The van der Waals surface area contributed by atoms with Gasteiger partial charge in [0.15, 0.2) is 0 Å². The first-order valence-electron chi connectivity index (χ1n) is 9.73. The molecule has 0 amide bonds. The lowest BCUT2D eigenvalue weighted by Crippen LogP contribution is -1.89. The molecule has 4 aromatic rings. The third kappa shape index (κ3) is 5.41. The molecule has 0 heterocycles. The smallest absolute Gasteiger partial charge is 0.130 e. The van der Waals surface area contributed by atoms with Crippen LogP contribution in [-0.2, 0) is 12.8 Å². The summed E-state index contributed by atoms with van der Waals surface area (Å²) in [6.07, 6.45) is 1.63. The zero-order valence-electron chi connectivity index (χ0n) is 16.4. The van der Waals surface area contributed by atoms with Crippen LogP contribution in [0.15, 0.2) is 107 Å². The van der Waals surface area contributed by atoms with Crippen LogP contribution in [0, 0.1) is 0 Å². The summed E-state index contributed by atoms with van der Waals surface area (Å²) in [5, 5.41) is 20.6. The number of aromatic hydroxyl groups is 2. The standard InChI is InChI=1S/C26H22O2S2/c27-23-13-11-21(15-19-7-3-1-4-8-19)17-25(23)29-30-26-18-22(12-14-24(26)28)16-20-9-5-2-6-10-20/h1-14,17-18,27-28H,15-16H2. The molecule has 4 heteroatoms. The molecule has 0 saturated carbocycles. The van der Waals surface area contributed by atoms with Gasteiger partial charge in [-0.05, 0) is 80.9 Å². The summed E-state index contributed by atoms with van der Waals surface area (Å²) in [7, 11) is 2.92. The summed E-state index contributed by atoms with van der Waals surface area (Å²) in [6.45, 7) is 0. The van der Waals surface area contributed by atoms with Gasteiger partial charge in [-0.25, -0.2) is 0 Å². The molecule has 0 saturated heterocycles. The van der Waals surface area contributed by atoms with Gasteiger partial charge in [0.1, 0.15) is 11.5 Å². The van der Waals surface area contributed by atoms with E-state index in [9.17, 15) is 10.2 Å². The molecule has 0 unspecified atom stereocenters. The van der Waals surface area contributed by atoms with Crippen LogP contribution in [0.1, 0.15) is 22.3 Å². The number of rotatable bonds is 7. The highest BCUT2D eigenvalue weighted by Gasteiger charge is 2.10. The normalized spacial score (nSPS) is 10.8. The predicted molar refractivity (Wildman–Crippen MR) is 126 cm³/mol. The summed E-state index contributed by atoms with van der Waals surface area (Å²) in [4.78, 5) is 1.59. The molecule has 0 fully saturated rings. The fourth-order valence-electron chi connectivity index (χ4n) is 3.22. The van der Waals surface area contributed by atoms with Gasteiger partial charge in [0.25, 0.3) is 0 Å². The minimum Gasteiger partial charge on any atom is -0.507 e. The Morgan fingerprint density at radius 2 is 0.867 bits per heavy atom. The Morgan fingerprint density at radius 3 is 1.27 bits per heavy atom. The maximum absolute atomic E-state index is 10.3. The molecule has 4 aromatic carbocycles. The third-order valence-corrected chi connectivity index (χ3v) is 7.20. The van der Waals surface area contributed by atoms with Crippen molar-refractivity contribution in [1.82, 2.24) is 0 Å². The van der Waals surface area contributed by atoms with Gasteiger partial charge in [-0.2, -0.15) is 0 Å². The molecule has 2 N–H and O–H groups in total. The van der Waals surface area contributed by atoms with Crippen LogP contribution in [0.25, 0.3) is 0 Å². The highest BCUT2D eigenvalue weighted by Crippen LogP contribution is 2.45. The first-order chi connectivity index (χ1) is 14.7. The molecule has 0 atom stereocenters. The predicted octanol–water partition coefficient (Wildman–Crippen LogP) is 7.08. The monoisotopic (exact) mass is 430 g/mol. The van der Waals surface area contributed by atoms with E-state index in [1.165, 1.54) is 32.7 Å². The van der Waals surface area contributed by atoms with Crippen molar-refractivity contribution in [2.24, 2.45) is 0 Å². The second kappa shape index (κ2) is 9.79. The molecule has 0 radical (unpaired) electrons. The Balaban J connectivity index is 1.47. The largest absolute Gasteiger partial charge is 0.507 e. The molecular weight excluding hydrogens is 408 g/mol. The Bertz CT molecular complexity index is 1020. The molecule has 0 aliphatic heterocycles. The van der Waals surface area contributed by atoms with Crippen molar-refractivity contribution in [3.63, 3.8) is 0 Å². The zero-order valence-corrected chi connectivity index (χ0v) is 18.0. The quantitative estimate of drug-likeness (QED) is 0.307. The van der Waals surface area contributed by atoms with E-state index >= 15 is 0 Å². The van der Waals surface area contributed by atoms with Gasteiger partial charge in [-0.3, -0.25) is 0 Å². The molecule has 4 rings (SSSR count). The van der Waals surface area contributed by atoms with Crippen LogP contribution in [0.4, 0.5) is 0 Å². The lowest BCUT2D eigenvalue weighted by molar-refractivity contribution is 0.461. The van der Waals surface area contributed by atoms with E-state index in [-0.39, 0.29) is 11.5 Å². The molecule has 0 spiro atoms. The van der Waals surface area contributed by atoms with Crippen LogP contribution in [0.3, 0.4) is 0 Å². The molecule has 150 valence electrons. The number of benzene rings is 4. The van der Waals surface area contributed by atoms with E-state index in [2.05, 4.69) is 24.3 Å². The van der Waals surface area contributed by atoms with Crippen LogP contribution in [0.2, 0.25) is 0 Å². The summed E-state index contributed by atoms with van der Waals surface area (Å²) in [6, 6.07) is 32.0. The molecule has 0 aliphatic rings. The summed E-state index contributed by atoms with van der Waals surface area (Å²) < 4.78 is 0. The SMILES string of the molecule is Oc1ccc(Cc2ccccc2)cc1SSc1cc(Cc2ccccc2)ccc1O. The third-order valence-electron chi connectivity index (χ3n) is 4.77. The van der Waals surface area contributed by atoms with E-state index in [4.69, 9.17) is 0 Å². The molecule has 2 nitrogen and oxygen atoms in total. The van der Waals surface area contributed by atoms with Gasteiger partial charge in [0.05, 0.1) is 9.79 Å². The second-order valence-corrected chi connectivity index (χ2v) is 9.31. The van der Waals surface area contributed by atoms with Gasteiger partial charge >= 0.3 is 0 Å². The first-order valence-corrected chi connectivity index (χ1v) is 11.9. The first kappa shape index (κ1) is 20.5. The van der Waals surface area contributed by atoms with Crippen molar-refractivity contribution >= 4 is 21.6 Å². The van der Waals surface area contributed by atoms with E-state index in [0.29, 0.717) is 0 Å². The summed E-state index contributed by atoms with van der Waals surface area (Å²) in [5.41, 5.74) is 4.75. The van der Waals surface area contributed by atoms with Crippen molar-refractivity contribution in [2.75, 3.05) is 0 Å². The fourth-order valence-corrected chi connectivity index (χ4v) is 5.45. The van der Waals surface area contributed by atoms with Crippen molar-refractivity contribution in [1.29, 1.82) is 0 Å². The van der Waals surface area contributed by atoms with Crippen LogP contribution in [0.5, 0.6) is 11.5 Å². The van der Waals surface area contributed by atoms with E-state index in [1.54, 1.807) is 12.1 Å². The summed E-state index contributed by atoms with van der Waals surface area (Å²) >= 11 is 0. The molecular formula is C26H22O2S2.